The first-order valence-corrected chi connectivity index (χ1v) is 6.12. The lowest BCUT2D eigenvalue weighted by molar-refractivity contribution is -0.712. The lowest BCUT2D eigenvalue weighted by Crippen LogP contribution is -2.67. The van der Waals surface area contributed by atoms with Gasteiger partial charge < -0.3 is 0 Å². The van der Waals surface area contributed by atoms with Crippen molar-refractivity contribution in [1.29, 1.82) is 0 Å². The van der Waals surface area contributed by atoms with E-state index < -0.39 is 34.2 Å². The van der Waals surface area contributed by atoms with Crippen LogP contribution >= 0.6 is 0 Å². The first-order valence-electron chi connectivity index (χ1n) is 6.12. The fourth-order valence-corrected chi connectivity index (χ4v) is 2.68. The molecule has 2 heterocycles. The van der Waals surface area contributed by atoms with Crippen molar-refractivity contribution >= 4 is 11.8 Å². The maximum absolute atomic E-state index is 11.7. The Labute approximate surface area is 118 Å². The molecule has 2 aliphatic heterocycles. The Hall–Kier alpha value is -2.66. The summed E-state index contributed by atoms with van der Waals surface area (Å²) in [6.45, 7) is 1.75. The number of nitrogens with zero attached hydrogens (tertiary/aromatic N) is 6. The Morgan fingerprint density at radius 3 is 1.48 bits per heavy atom. The minimum atomic E-state index is -1.18. The van der Waals surface area contributed by atoms with Crippen LogP contribution in [0.4, 0.5) is 0 Å². The van der Waals surface area contributed by atoms with E-state index in [1.54, 1.807) is 0 Å². The van der Waals surface area contributed by atoms with Gasteiger partial charge in [0, 0.05) is 13.8 Å². The van der Waals surface area contributed by atoms with Gasteiger partial charge in [0.15, 0.2) is 10.1 Å². The molecule has 2 fully saturated rings. The van der Waals surface area contributed by atoms with Crippen molar-refractivity contribution < 1.29 is 19.7 Å². The van der Waals surface area contributed by atoms with Gasteiger partial charge in [-0.15, -0.1) is 0 Å². The standard InChI is InChI=1S/C9H14N6O6/c1-6(16)10-5-11(7(2)17)9-8(10)12(14(18)19)3-4-13(9)15(20)21/h8-9H,3-5H2,1-2H3/t8-,9-/m1/s1. The molecule has 0 aliphatic carbocycles. The van der Waals surface area contributed by atoms with Crippen molar-refractivity contribution in [2.45, 2.75) is 26.2 Å². The predicted molar refractivity (Wildman–Crippen MR) is 64.9 cm³/mol. The highest BCUT2D eigenvalue weighted by Crippen LogP contribution is 2.30. The lowest BCUT2D eigenvalue weighted by atomic mass is 10.2. The zero-order valence-corrected chi connectivity index (χ0v) is 11.4. The second-order valence-corrected chi connectivity index (χ2v) is 4.75. The molecule has 0 unspecified atom stereocenters. The van der Waals surface area contributed by atoms with Gasteiger partial charge in [0.05, 0.1) is 0 Å². The van der Waals surface area contributed by atoms with Crippen molar-refractivity contribution in [2.24, 2.45) is 0 Å². The Balaban J connectivity index is 2.46. The highest BCUT2D eigenvalue weighted by Gasteiger charge is 2.58. The molecule has 116 valence electrons. The molecule has 0 aromatic carbocycles. The fraction of sp³-hybridized carbons (Fsp3) is 0.778. The molecule has 12 heteroatoms. The molecule has 0 saturated carbocycles. The van der Waals surface area contributed by atoms with Gasteiger partial charge in [0.25, 0.3) is 0 Å². The fourth-order valence-electron chi connectivity index (χ4n) is 2.68. The van der Waals surface area contributed by atoms with Gasteiger partial charge in [-0.25, -0.2) is 20.2 Å². The van der Waals surface area contributed by atoms with Crippen LogP contribution in [0.3, 0.4) is 0 Å². The molecular weight excluding hydrogens is 288 g/mol. The van der Waals surface area contributed by atoms with Crippen LogP contribution in [0.25, 0.3) is 0 Å². The SMILES string of the molecule is CC(=O)N1CN(C(C)=O)[C@H]2[C@H]1N([N+](=O)[O-])CCN2[N+](=O)[O-]. The first kappa shape index (κ1) is 14.7. The summed E-state index contributed by atoms with van der Waals surface area (Å²) in [7, 11) is 0. The number of carbonyl (C=O) groups excluding carboxylic acids is 2. The van der Waals surface area contributed by atoms with E-state index in [1.807, 2.05) is 0 Å². The summed E-state index contributed by atoms with van der Waals surface area (Å²) < 4.78 is 0. The Morgan fingerprint density at radius 1 is 0.905 bits per heavy atom. The van der Waals surface area contributed by atoms with Gasteiger partial charge >= 0.3 is 0 Å². The Kier molecular flexibility index (Phi) is 3.53. The number of amides is 2. The number of fused-ring (bicyclic) bond motifs is 1. The summed E-state index contributed by atoms with van der Waals surface area (Å²) in [4.78, 5) is 47.7. The van der Waals surface area contributed by atoms with E-state index in [1.165, 1.54) is 13.8 Å². The molecule has 12 nitrogen and oxygen atoms in total. The third-order valence-electron chi connectivity index (χ3n) is 3.61. The molecule has 2 atom stereocenters. The number of hydrogen-bond acceptors (Lipinski definition) is 6. The predicted octanol–water partition coefficient (Wildman–Crippen LogP) is -1.69. The average molecular weight is 302 g/mol. The summed E-state index contributed by atoms with van der Waals surface area (Å²) in [6.07, 6.45) is -2.36. The topological polar surface area (TPSA) is 133 Å². The highest BCUT2D eigenvalue weighted by atomic mass is 16.7. The Bertz CT molecular complexity index is 467. The molecule has 0 aromatic rings. The second-order valence-electron chi connectivity index (χ2n) is 4.75. The van der Waals surface area contributed by atoms with Gasteiger partial charge in [0.2, 0.25) is 24.1 Å². The molecule has 2 rings (SSSR count). The number of hydrazine groups is 2. The maximum Gasteiger partial charge on any atom is 0.222 e. The molecule has 2 aliphatic rings. The summed E-state index contributed by atoms with van der Waals surface area (Å²) in [6, 6.07) is 0. The first-order chi connectivity index (χ1) is 9.75. The molecule has 0 aromatic heterocycles. The summed E-state index contributed by atoms with van der Waals surface area (Å²) >= 11 is 0. The number of hydrogen-bond donors (Lipinski definition) is 0. The molecule has 2 saturated heterocycles. The van der Waals surface area contributed by atoms with Crippen LogP contribution < -0.4 is 0 Å². The minimum absolute atomic E-state index is 0.214. The third kappa shape index (κ3) is 2.28. The van der Waals surface area contributed by atoms with E-state index in [0.717, 1.165) is 19.8 Å². The molecule has 0 N–H and O–H groups in total. The summed E-state index contributed by atoms with van der Waals surface area (Å²) in [5.74, 6) is -0.989. The smallest absolute Gasteiger partial charge is 0.222 e. The van der Waals surface area contributed by atoms with E-state index in [4.69, 9.17) is 0 Å². The molecule has 2 amide bonds. The van der Waals surface area contributed by atoms with Crippen molar-refractivity contribution in [3.8, 4) is 0 Å². The lowest BCUT2D eigenvalue weighted by Gasteiger charge is -2.37. The highest BCUT2D eigenvalue weighted by molar-refractivity contribution is 5.78. The molecule has 21 heavy (non-hydrogen) atoms. The molecule has 0 spiro atoms. The quantitative estimate of drug-likeness (QED) is 0.435. The molecule has 0 radical (unpaired) electrons. The average Bonchev–Trinajstić information content (AvgIpc) is 2.77. The summed E-state index contributed by atoms with van der Waals surface area (Å²) in [5, 5.41) is 22.4. The van der Waals surface area contributed by atoms with E-state index in [9.17, 15) is 29.8 Å². The normalized spacial score (nSPS) is 24.9. The zero-order chi connectivity index (χ0) is 15.9. The van der Waals surface area contributed by atoms with Crippen molar-refractivity contribution in [3.05, 3.63) is 20.2 Å². The van der Waals surface area contributed by atoms with Crippen LogP contribution in [0.1, 0.15) is 13.8 Å². The number of carbonyl (C=O) groups is 2. The Morgan fingerprint density at radius 2 is 1.24 bits per heavy atom. The number of nitro groups is 2. The van der Waals surface area contributed by atoms with Crippen LogP contribution in [0.15, 0.2) is 0 Å². The number of piperazine rings is 1. The minimum Gasteiger partial charge on any atom is -0.296 e. The number of rotatable bonds is 2. The maximum atomic E-state index is 11.7. The van der Waals surface area contributed by atoms with Crippen LogP contribution in [-0.2, 0) is 9.59 Å². The third-order valence-corrected chi connectivity index (χ3v) is 3.61. The monoisotopic (exact) mass is 302 g/mol. The van der Waals surface area contributed by atoms with E-state index in [2.05, 4.69) is 0 Å². The van der Waals surface area contributed by atoms with Gasteiger partial charge in [-0.05, 0) is 0 Å². The molecule has 0 bridgehead atoms. The van der Waals surface area contributed by atoms with Gasteiger partial charge in [0.1, 0.15) is 19.8 Å². The van der Waals surface area contributed by atoms with Crippen LogP contribution in [0.2, 0.25) is 0 Å². The van der Waals surface area contributed by atoms with E-state index in [-0.39, 0.29) is 19.8 Å². The van der Waals surface area contributed by atoms with Gasteiger partial charge in [-0.1, -0.05) is 10.0 Å². The van der Waals surface area contributed by atoms with Crippen LogP contribution in [0, 0.1) is 20.2 Å². The second kappa shape index (κ2) is 5.03. The van der Waals surface area contributed by atoms with Gasteiger partial charge in [-0.2, -0.15) is 0 Å². The summed E-state index contributed by atoms with van der Waals surface area (Å²) in [5.41, 5.74) is 0. The molecular formula is C9H14N6O6. The van der Waals surface area contributed by atoms with Crippen LogP contribution in [-0.4, -0.2) is 73.8 Å². The van der Waals surface area contributed by atoms with Crippen molar-refractivity contribution in [3.63, 3.8) is 0 Å². The largest absolute Gasteiger partial charge is 0.296 e. The van der Waals surface area contributed by atoms with Crippen LogP contribution in [0.5, 0.6) is 0 Å². The van der Waals surface area contributed by atoms with Crippen molar-refractivity contribution in [1.82, 2.24) is 19.8 Å². The zero-order valence-electron chi connectivity index (χ0n) is 11.4. The van der Waals surface area contributed by atoms with E-state index in [0.29, 0.717) is 0 Å². The van der Waals surface area contributed by atoms with E-state index >= 15 is 0 Å². The van der Waals surface area contributed by atoms with Gasteiger partial charge in [-0.3, -0.25) is 19.4 Å². The van der Waals surface area contributed by atoms with Crippen molar-refractivity contribution in [2.75, 3.05) is 19.8 Å².